The fraction of sp³-hybridized carbons (Fsp3) is 0.462. The van der Waals surface area contributed by atoms with Gasteiger partial charge in [-0.15, -0.1) is 0 Å². The van der Waals surface area contributed by atoms with Gasteiger partial charge in [0.25, 0.3) is 5.91 Å². The highest BCUT2D eigenvalue weighted by molar-refractivity contribution is 6.42. The fourth-order valence-corrected chi connectivity index (χ4v) is 2.33. The molecular weight excluding hydrogens is 273 g/mol. The number of carbonyl (C=O) groups is 1. The highest BCUT2D eigenvalue weighted by atomic mass is 35.5. The molecule has 1 aliphatic rings. The quantitative estimate of drug-likeness (QED) is 0.855. The van der Waals surface area contributed by atoms with E-state index >= 15 is 0 Å². The van der Waals surface area contributed by atoms with Crippen molar-refractivity contribution in [1.29, 1.82) is 0 Å². The van der Waals surface area contributed by atoms with Crippen molar-refractivity contribution in [1.82, 2.24) is 4.90 Å². The Labute approximate surface area is 117 Å². The fourth-order valence-electron chi connectivity index (χ4n) is 2.01. The van der Waals surface area contributed by atoms with Crippen LogP contribution in [-0.2, 0) is 16.1 Å². The predicted octanol–water partition coefficient (Wildman–Crippen LogP) is 3.13. The number of ether oxygens (including phenoxy) is 1. The molecule has 18 heavy (non-hydrogen) atoms. The van der Waals surface area contributed by atoms with Crippen LogP contribution in [0.4, 0.5) is 0 Å². The molecule has 3 nitrogen and oxygen atoms in total. The van der Waals surface area contributed by atoms with E-state index in [0.29, 0.717) is 23.2 Å². The van der Waals surface area contributed by atoms with Gasteiger partial charge in [-0.1, -0.05) is 29.3 Å². The van der Waals surface area contributed by atoms with E-state index in [4.69, 9.17) is 27.9 Å². The summed E-state index contributed by atoms with van der Waals surface area (Å²) in [7, 11) is 1.77. The van der Waals surface area contributed by atoms with Gasteiger partial charge in [-0.25, -0.2) is 0 Å². The van der Waals surface area contributed by atoms with Gasteiger partial charge in [0.05, 0.1) is 10.0 Å². The lowest BCUT2D eigenvalue weighted by atomic mass is 10.2. The van der Waals surface area contributed by atoms with Gasteiger partial charge in [0.1, 0.15) is 6.10 Å². The molecule has 5 heteroatoms. The minimum Gasteiger partial charge on any atom is -0.368 e. The Bertz CT molecular complexity index is 445. The molecule has 0 N–H and O–H groups in total. The van der Waals surface area contributed by atoms with Crippen molar-refractivity contribution in [2.45, 2.75) is 25.5 Å². The lowest BCUT2D eigenvalue weighted by molar-refractivity contribution is -0.140. The summed E-state index contributed by atoms with van der Waals surface area (Å²) in [6.45, 7) is 1.19. The molecule has 0 aliphatic carbocycles. The Kier molecular flexibility index (Phi) is 4.49. The molecule has 1 saturated heterocycles. The molecule has 1 aromatic carbocycles. The van der Waals surface area contributed by atoms with E-state index in [1.165, 1.54) is 0 Å². The van der Waals surface area contributed by atoms with Gasteiger partial charge in [-0.05, 0) is 30.5 Å². The van der Waals surface area contributed by atoms with Crippen LogP contribution in [-0.4, -0.2) is 30.6 Å². The van der Waals surface area contributed by atoms with Gasteiger partial charge >= 0.3 is 0 Å². The molecule has 0 saturated carbocycles. The Morgan fingerprint density at radius 2 is 2.22 bits per heavy atom. The van der Waals surface area contributed by atoms with Crippen molar-refractivity contribution >= 4 is 29.1 Å². The molecule has 0 aromatic heterocycles. The smallest absolute Gasteiger partial charge is 0.251 e. The van der Waals surface area contributed by atoms with Crippen LogP contribution in [0.3, 0.4) is 0 Å². The lowest BCUT2D eigenvalue weighted by Gasteiger charge is -2.20. The van der Waals surface area contributed by atoms with Crippen molar-refractivity contribution in [3.05, 3.63) is 33.8 Å². The highest BCUT2D eigenvalue weighted by Crippen LogP contribution is 2.23. The molecular formula is C13H15Cl2NO2. The van der Waals surface area contributed by atoms with E-state index in [1.807, 2.05) is 6.07 Å². The first-order valence-electron chi connectivity index (χ1n) is 5.88. The van der Waals surface area contributed by atoms with Crippen LogP contribution in [0.15, 0.2) is 18.2 Å². The zero-order valence-corrected chi connectivity index (χ0v) is 11.7. The number of halogens is 2. The van der Waals surface area contributed by atoms with Gasteiger partial charge in [0, 0.05) is 20.2 Å². The molecule has 98 valence electrons. The second-order valence-corrected chi connectivity index (χ2v) is 5.26. The van der Waals surface area contributed by atoms with E-state index in [9.17, 15) is 4.79 Å². The molecule has 0 spiro atoms. The first kappa shape index (κ1) is 13.7. The summed E-state index contributed by atoms with van der Waals surface area (Å²) in [5.41, 5.74) is 0.957. The van der Waals surface area contributed by atoms with E-state index in [0.717, 1.165) is 18.4 Å². The third-order valence-corrected chi connectivity index (χ3v) is 3.72. The number of hydrogen-bond donors (Lipinski definition) is 0. The molecule has 1 atom stereocenters. The van der Waals surface area contributed by atoms with E-state index in [1.54, 1.807) is 24.1 Å². The predicted molar refractivity (Wildman–Crippen MR) is 71.9 cm³/mol. The Morgan fingerprint density at radius 1 is 1.44 bits per heavy atom. The minimum absolute atomic E-state index is 0.0265. The van der Waals surface area contributed by atoms with Crippen LogP contribution >= 0.6 is 23.2 Å². The van der Waals surface area contributed by atoms with Gasteiger partial charge in [0.2, 0.25) is 0 Å². The molecule has 0 radical (unpaired) electrons. The summed E-state index contributed by atoms with van der Waals surface area (Å²) in [5, 5.41) is 1.03. The second-order valence-electron chi connectivity index (χ2n) is 4.44. The van der Waals surface area contributed by atoms with E-state index in [2.05, 4.69) is 0 Å². The third kappa shape index (κ3) is 3.16. The number of likely N-dealkylation sites (N-methyl/N-ethyl adjacent to an activating group) is 1. The average molecular weight is 288 g/mol. The van der Waals surface area contributed by atoms with Crippen LogP contribution in [0.5, 0.6) is 0 Å². The molecule has 1 heterocycles. The second kappa shape index (κ2) is 5.91. The molecule has 1 amide bonds. The van der Waals surface area contributed by atoms with E-state index in [-0.39, 0.29) is 12.0 Å². The van der Waals surface area contributed by atoms with Crippen molar-refractivity contribution in [2.24, 2.45) is 0 Å². The zero-order valence-electron chi connectivity index (χ0n) is 10.2. The summed E-state index contributed by atoms with van der Waals surface area (Å²) in [6, 6.07) is 5.39. The van der Waals surface area contributed by atoms with E-state index < -0.39 is 0 Å². The van der Waals surface area contributed by atoms with Crippen molar-refractivity contribution in [3.8, 4) is 0 Å². The maximum absolute atomic E-state index is 12.0. The van der Waals surface area contributed by atoms with Gasteiger partial charge in [-0.3, -0.25) is 4.79 Å². The zero-order chi connectivity index (χ0) is 13.1. The van der Waals surface area contributed by atoms with Crippen molar-refractivity contribution in [2.75, 3.05) is 13.7 Å². The SMILES string of the molecule is CN(Cc1ccc(Cl)c(Cl)c1)C(=O)C1CCCO1. The number of benzene rings is 1. The van der Waals surface area contributed by atoms with Crippen LogP contribution in [0.25, 0.3) is 0 Å². The van der Waals surface area contributed by atoms with Gasteiger partial charge in [0.15, 0.2) is 0 Å². The molecule has 0 bridgehead atoms. The maximum Gasteiger partial charge on any atom is 0.251 e. The largest absolute Gasteiger partial charge is 0.368 e. The third-order valence-electron chi connectivity index (χ3n) is 2.99. The number of carbonyl (C=O) groups excluding carboxylic acids is 1. The standard InChI is InChI=1S/C13H15Cl2NO2/c1-16(13(17)12-3-2-6-18-12)8-9-4-5-10(14)11(15)7-9/h4-5,7,12H,2-3,6,8H2,1H3. The van der Waals surface area contributed by atoms with Crippen LogP contribution in [0, 0.1) is 0 Å². The van der Waals surface area contributed by atoms with Crippen molar-refractivity contribution < 1.29 is 9.53 Å². The van der Waals surface area contributed by atoms with Crippen LogP contribution in [0.1, 0.15) is 18.4 Å². The highest BCUT2D eigenvalue weighted by Gasteiger charge is 2.26. The molecule has 1 aromatic rings. The topological polar surface area (TPSA) is 29.5 Å². The minimum atomic E-state index is -0.280. The Hall–Kier alpha value is -0.770. The summed E-state index contributed by atoms with van der Waals surface area (Å²) >= 11 is 11.8. The summed E-state index contributed by atoms with van der Waals surface area (Å²) in [6.07, 6.45) is 1.49. The number of nitrogens with zero attached hydrogens (tertiary/aromatic N) is 1. The van der Waals surface area contributed by atoms with Crippen molar-refractivity contribution in [3.63, 3.8) is 0 Å². The first-order valence-corrected chi connectivity index (χ1v) is 6.64. The maximum atomic E-state index is 12.0. The number of amides is 1. The number of hydrogen-bond acceptors (Lipinski definition) is 2. The van der Waals surface area contributed by atoms with Crippen LogP contribution in [0.2, 0.25) is 10.0 Å². The molecule has 2 rings (SSSR count). The van der Waals surface area contributed by atoms with Gasteiger partial charge in [-0.2, -0.15) is 0 Å². The summed E-state index contributed by atoms with van der Waals surface area (Å²) in [5.74, 6) is 0.0265. The molecule has 1 aliphatic heterocycles. The molecule has 1 unspecified atom stereocenters. The lowest BCUT2D eigenvalue weighted by Crippen LogP contribution is -2.35. The Morgan fingerprint density at radius 3 is 2.83 bits per heavy atom. The molecule has 1 fully saturated rings. The normalized spacial score (nSPS) is 18.9. The Balaban J connectivity index is 1.99. The van der Waals surface area contributed by atoms with Gasteiger partial charge < -0.3 is 9.64 Å². The summed E-state index contributed by atoms with van der Waals surface area (Å²) in [4.78, 5) is 13.7. The number of rotatable bonds is 3. The monoisotopic (exact) mass is 287 g/mol. The summed E-state index contributed by atoms with van der Waals surface area (Å²) < 4.78 is 5.38. The first-order chi connectivity index (χ1) is 8.58. The average Bonchev–Trinajstić information content (AvgIpc) is 2.86. The van der Waals surface area contributed by atoms with Crippen LogP contribution < -0.4 is 0 Å².